The second kappa shape index (κ2) is 6.97. The van der Waals surface area contributed by atoms with E-state index in [1.165, 1.54) is 12.8 Å². The van der Waals surface area contributed by atoms with Crippen molar-refractivity contribution < 1.29 is 4.79 Å². The number of likely N-dealkylation sites (N-methyl/N-ethyl adjacent to an activating group) is 1. The molecule has 0 heterocycles. The standard InChI is InChI=1S/C13H27N3O/c1-4-16(5-2)13(17)10(3)15-12-8-6-7-11(12)9-14/h10-12,15H,4-9,14H2,1-3H3. The van der Waals surface area contributed by atoms with Gasteiger partial charge in [-0.2, -0.15) is 0 Å². The van der Waals surface area contributed by atoms with Gasteiger partial charge < -0.3 is 16.0 Å². The van der Waals surface area contributed by atoms with Crippen LogP contribution in [0.1, 0.15) is 40.0 Å². The van der Waals surface area contributed by atoms with E-state index in [-0.39, 0.29) is 11.9 Å². The Morgan fingerprint density at radius 3 is 2.59 bits per heavy atom. The second-order valence-corrected chi connectivity index (χ2v) is 4.93. The van der Waals surface area contributed by atoms with Crippen molar-refractivity contribution in [2.45, 2.75) is 52.1 Å². The fourth-order valence-corrected chi connectivity index (χ4v) is 2.74. The van der Waals surface area contributed by atoms with Crippen LogP contribution in [-0.2, 0) is 4.79 Å². The van der Waals surface area contributed by atoms with Gasteiger partial charge in [0.15, 0.2) is 0 Å². The van der Waals surface area contributed by atoms with E-state index in [1.807, 2.05) is 25.7 Å². The average Bonchev–Trinajstić information content (AvgIpc) is 2.77. The molecule has 0 radical (unpaired) electrons. The third kappa shape index (κ3) is 3.68. The summed E-state index contributed by atoms with van der Waals surface area (Å²) in [5, 5.41) is 3.46. The Morgan fingerprint density at radius 2 is 2.06 bits per heavy atom. The molecule has 0 aromatic rings. The summed E-state index contributed by atoms with van der Waals surface area (Å²) in [4.78, 5) is 14.0. The first-order valence-electron chi connectivity index (χ1n) is 6.88. The van der Waals surface area contributed by atoms with Gasteiger partial charge in [0.1, 0.15) is 0 Å². The molecule has 3 N–H and O–H groups in total. The molecule has 1 fully saturated rings. The molecule has 0 saturated heterocycles. The molecule has 1 amide bonds. The van der Waals surface area contributed by atoms with Gasteiger partial charge in [-0.3, -0.25) is 4.79 Å². The smallest absolute Gasteiger partial charge is 0.239 e. The van der Waals surface area contributed by atoms with E-state index < -0.39 is 0 Å². The molecule has 0 aliphatic heterocycles. The van der Waals surface area contributed by atoms with Crippen molar-refractivity contribution in [1.29, 1.82) is 0 Å². The monoisotopic (exact) mass is 241 g/mol. The molecular weight excluding hydrogens is 214 g/mol. The Bertz CT molecular complexity index is 241. The molecule has 0 spiro atoms. The predicted octanol–water partition coefficient (Wildman–Crippen LogP) is 0.960. The fourth-order valence-electron chi connectivity index (χ4n) is 2.74. The molecular formula is C13H27N3O. The van der Waals surface area contributed by atoms with Gasteiger partial charge in [0.2, 0.25) is 5.91 Å². The van der Waals surface area contributed by atoms with E-state index in [4.69, 9.17) is 5.73 Å². The van der Waals surface area contributed by atoms with Crippen LogP contribution in [0.3, 0.4) is 0 Å². The molecule has 3 unspecified atom stereocenters. The largest absolute Gasteiger partial charge is 0.342 e. The van der Waals surface area contributed by atoms with Gasteiger partial charge in [-0.15, -0.1) is 0 Å². The van der Waals surface area contributed by atoms with Crippen molar-refractivity contribution in [2.75, 3.05) is 19.6 Å². The first-order valence-corrected chi connectivity index (χ1v) is 6.88. The predicted molar refractivity (Wildman–Crippen MR) is 70.7 cm³/mol. The molecule has 1 aliphatic rings. The molecule has 4 nitrogen and oxygen atoms in total. The van der Waals surface area contributed by atoms with Crippen molar-refractivity contribution in [3.05, 3.63) is 0 Å². The van der Waals surface area contributed by atoms with Gasteiger partial charge >= 0.3 is 0 Å². The van der Waals surface area contributed by atoms with Crippen molar-refractivity contribution in [3.8, 4) is 0 Å². The summed E-state index contributed by atoms with van der Waals surface area (Å²) in [5.74, 6) is 0.750. The summed E-state index contributed by atoms with van der Waals surface area (Å²) < 4.78 is 0. The lowest BCUT2D eigenvalue weighted by Gasteiger charge is -2.28. The minimum atomic E-state index is -0.0907. The van der Waals surface area contributed by atoms with Gasteiger partial charge in [0.25, 0.3) is 0 Å². The molecule has 17 heavy (non-hydrogen) atoms. The van der Waals surface area contributed by atoms with E-state index in [0.717, 1.165) is 26.1 Å². The van der Waals surface area contributed by atoms with Crippen molar-refractivity contribution in [1.82, 2.24) is 10.2 Å². The molecule has 4 heteroatoms. The normalized spacial score (nSPS) is 25.9. The van der Waals surface area contributed by atoms with Crippen LogP contribution in [0.25, 0.3) is 0 Å². The summed E-state index contributed by atoms with van der Waals surface area (Å²) >= 11 is 0. The third-order valence-corrected chi connectivity index (χ3v) is 3.87. The summed E-state index contributed by atoms with van der Waals surface area (Å²) in [5.41, 5.74) is 5.75. The van der Waals surface area contributed by atoms with E-state index in [9.17, 15) is 4.79 Å². The highest BCUT2D eigenvalue weighted by atomic mass is 16.2. The minimum Gasteiger partial charge on any atom is -0.342 e. The quantitative estimate of drug-likeness (QED) is 0.728. The average molecular weight is 241 g/mol. The maximum atomic E-state index is 12.1. The lowest BCUT2D eigenvalue weighted by molar-refractivity contribution is -0.132. The summed E-state index contributed by atoms with van der Waals surface area (Å²) in [6, 6.07) is 0.335. The number of nitrogens with one attached hydrogen (secondary N) is 1. The van der Waals surface area contributed by atoms with Crippen molar-refractivity contribution >= 4 is 5.91 Å². The first kappa shape index (κ1) is 14.5. The molecule has 0 aromatic carbocycles. The van der Waals surface area contributed by atoms with Crippen LogP contribution >= 0.6 is 0 Å². The fraction of sp³-hybridized carbons (Fsp3) is 0.923. The lowest BCUT2D eigenvalue weighted by Crippen LogP contribution is -2.50. The number of carbonyl (C=O) groups is 1. The number of carbonyl (C=O) groups excluding carboxylic acids is 1. The van der Waals surface area contributed by atoms with Crippen LogP contribution in [0.4, 0.5) is 0 Å². The van der Waals surface area contributed by atoms with Gasteiger partial charge in [-0.05, 0) is 46.1 Å². The molecule has 3 atom stereocenters. The van der Waals surface area contributed by atoms with Gasteiger partial charge in [0.05, 0.1) is 6.04 Å². The van der Waals surface area contributed by atoms with Crippen LogP contribution in [0.15, 0.2) is 0 Å². The zero-order valence-electron chi connectivity index (χ0n) is 11.4. The Kier molecular flexibility index (Phi) is 5.92. The third-order valence-electron chi connectivity index (χ3n) is 3.87. The summed E-state index contributed by atoms with van der Waals surface area (Å²) in [7, 11) is 0. The number of nitrogens with zero attached hydrogens (tertiary/aromatic N) is 1. The highest BCUT2D eigenvalue weighted by molar-refractivity contribution is 5.81. The van der Waals surface area contributed by atoms with Gasteiger partial charge in [0, 0.05) is 19.1 Å². The van der Waals surface area contributed by atoms with E-state index >= 15 is 0 Å². The second-order valence-electron chi connectivity index (χ2n) is 4.93. The Morgan fingerprint density at radius 1 is 1.41 bits per heavy atom. The first-order chi connectivity index (χ1) is 8.13. The highest BCUT2D eigenvalue weighted by Crippen LogP contribution is 2.25. The lowest BCUT2D eigenvalue weighted by atomic mass is 10.0. The van der Waals surface area contributed by atoms with E-state index in [0.29, 0.717) is 12.0 Å². The maximum absolute atomic E-state index is 12.1. The van der Waals surface area contributed by atoms with Crippen LogP contribution in [-0.4, -0.2) is 42.5 Å². The van der Waals surface area contributed by atoms with Crippen LogP contribution in [0.5, 0.6) is 0 Å². The van der Waals surface area contributed by atoms with Crippen molar-refractivity contribution in [3.63, 3.8) is 0 Å². The zero-order chi connectivity index (χ0) is 12.8. The summed E-state index contributed by atoms with van der Waals surface area (Å²) in [6.07, 6.45) is 3.57. The Hall–Kier alpha value is -0.610. The maximum Gasteiger partial charge on any atom is 0.239 e. The SMILES string of the molecule is CCN(CC)C(=O)C(C)NC1CCCC1CN. The molecule has 1 aliphatic carbocycles. The topological polar surface area (TPSA) is 58.4 Å². The molecule has 1 rings (SSSR count). The van der Waals surface area contributed by atoms with E-state index in [1.54, 1.807) is 0 Å². The molecule has 0 bridgehead atoms. The summed E-state index contributed by atoms with van der Waals surface area (Å²) in [6.45, 7) is 8.30. The molecule has 1 saturated carbocycles. The number of nitrogens with two attached hydrogens (primary N) is 1. The Labute approximate surface area is 105 Å². The Balaban J connectivity index is 2.47. The number of hydrogen-bond acceptors (Lipinski definition) is 3. The van der Waals surface area contributed by atoms with Crippen molar-refractivity contribution in [2.24, 2.45) is 11.7 Å². The number of amides is 1. The number of rotatable bonds is 6. The zero-order valence-corrected chi connectivity index (χ0v) is 11.4. The van der Waals surface area contributed by atoms with Gasteiger partial charge in [-0.1, -0.05) is 6.42 Å². The van der Waals surface area contributed by atoms with Crippen LogP contribution in [0, 0.1) is 5.92 Å². The van der Waals surface area contributed by atoms with Gasteiger partial charge in [-0.25, -0.2) is 0 Å². The van der Waals surface area contributed by atoms with Crippen LogP contribution in [0.2, 0.25) is 0 Å². The van der Waals surface area contributed by atoms with E-state index in [2.05, 4.69) is 5.32 Å². The van der Waals surface area contributed by atoms with Crippen LogP contribution < -0.4 is 11.1 Å². The number of hydrogen-bond donors (Lipinski definition) is 2. The molecule has 0 aromatic heterocycles. The molecule has 100 valence electrons. The highest BCUT2D eigenvalue weighted by Gasteiger charge is 2.29. The minimum absolute atomic E-state index is 0.0907.